The van der Waals surface area contributed by atoms with Crippen molar-refractivity contribution in [3.63, 3.8) is 0 Å². The van der Waals surface area contributed by atoms with Gasteiger partial charge in [0.1, 0.15) is 11.5 Å². The Morgan fingerprint density at radius 3 is 2.58 bits per heavy atom. The molecule has 0 unspecified atom stereocenters. The predicted octanol–water partition coefficient (Wildman–Crippen LogP) is 2.23. The van der Waals surface area contributed by atoms with Crippen molar-refractivity contribution in [3.8, 4) is 11.5 Å². The van der Waals surface area contributed by atoms with Gasteiger partial charge in [0, 0.05) is 6.07 Å². The van der Waals surface area contributed by atoms with Crippen molar-refractivity contribution in [1.29, 1.82) is 0 Å². The van der Waals surface area contributed by atoms with E-state index in [1.54, 1.807) is 14.2 Å². The fourth-order valence-electron chi connectivity index (χ4n) is 1.91. The summed E-state index contributed by atoms with van der Waals surface area (Å²) < 4.78 is 10.5. The zero-order valence-corrected chi connectivity index (χ0v) is 11.9. The van der Waals surface area contributed by atoms with E-state index in [4.69, 9.17) is 15.2 Å². The van der Waals surface area contributed by atoms with Crippen molar-refractivity contribution in [2.45, 2.75) is 26.3 Å². The minimum atomic E-state index is 0.269. The molecule has 19 heavy (non-hydrogen) atoms. The number of nitrogens with one attached hydrogen (secondary N) is 1. The van der Waals surface area contributed by atoms with Gasteiger partial charge in [-0.3, -0.25) is 0 Å². The van der Waals surface area contributed by atoms with Crippen LogP contribution in [0.1, 0.15) is 20.3 Å². The summed E-state index contributed by atoms with van der Waals surface area (Å²) in [5.74, 6) is 1.85. The Morgan fingerprint density at radius 1 is 1.37 bits per heavy atom. The van der Waals surface area contributed by atoms with Crippen LogP contribution in [-0.4, -0.2) is 26.2 Å². The first-order valence-electron chi connectivity index (χ1n) is 6.28. The summed E-state index contributed by atoms with van der Waals surface area (Å²) in [7, 11) is 3.24. The third kappa shape index (κ3) is 3.10. The second-order valence-corrected chi connectivity index (χ2v) is 5.41. The van der Waals surface area contributed by atoms with Gasteiger partial charge in [0.05, 0.1) is 25.9 Å². The lowest BCUT2D eigenvalue weighted by molar-refractivity contribution is 0.405. The van der Waals surface area contributed by atoms with Crippen molar-refractivity contribution in [3.05, 3.63) is 18.2 Å². The number of hydrogen-bond donors (Lipinski definition) is 2. The molecule has 0 aromatic heterocycles. The van der Waals surface area contributed by atoms with Gasteiger partial charge in [0.15, 0.2) is 5.96 Å². The van der Waals surface area contributed by atoms with Crippen LogP contribution in [0.25, 0.3) is 0 Å². The average Bonchev–Trinajstić information content (AvgIpc) is 2.95. The van der Waals surface area contributed by atoms with Crippen molar-refractivity contribution in [1.82, 2.24) is 0 Å². The summed E-state index contributed by atoms with van der Waals surface area (Å²) in [6, 6.07) is 5.80. The number of guanidine groups is 1. The Bertz CT molecular complexity index is 497. The van der Waals surface area contributed by atoms with Crippen molar-refractivity contribution >= 4 is 11.6 Å². The summed E-state index contributed by atoms with van der Waals surface area (Å²) >= 11 is 0. The maximum absolute atomic E-state index is 5.93. The highest BCUT2D eigenvalue weighted by Gasteiger charge is 2.45. The Hall–Kier alpha value is -1.91. The van der Waals surface area contributed by atoms with Gasteiger partial charge in [-0.25, -0.2) is 4.99 Å². The molecule has 1 aliphatic carbocycles. The topological polar surface area (TPSA) is 68.9 Å². The van der Waals surface area contributed by atoms with Crippen LogP contribution in [0, 0.1) is 5.41 Å². The zero-order valence-electron chi connectivity index (χ0n) is 11.9. The molecule has 104 valence electrons. The van der Waals surface area contributed by atoms with E-state index in [9.17, 15) is 0 Å². The minimum Gasteiger partial charge on any atom is -0.497 e. The Morgan fingerprint density at radius 2 is 2.05 bits per heavy atom. The SMILES string of the molecule is COc1ccc(OC)c(NC(N)=N[C@H]2CC2(C)C)c1. The number of aliphatic imine (C=N–C) groups is 1. The summed E-state index contributed by atoms with van der Waals surface area (Å²) in [6.07, 6.45) is 1.07. The van der Waals surface area contributed by atoms with Gasteiger partial charge in [-0.2, -0.15) is 0 Å². The fourth-order valence-corrected chi connectivity index (χ4v) is 1.91. The number of benzene rings is 1. The molecule has 0 radical (unpaired) electrons. The van der Waals surface area contributed by atoms with Crippen LogP contribution >= 0.6 is 0 Å². The monoisotopic (exact) mass is 263 g/mol. The number of anilines is 1. The summed E-state index contributed by atoms with van der Waals surface area (Å²) in [5, 5.41) is 3.07. The van der Waals surface area contributed by atoms with Crippen molar-refractivity contribution in [2.24, 2.45) is 16.1 Å². The molecule has 0 saturated heterocycles. The second-order valence-electron chi connectivity index (χ2n) is 5.41. The van der Waals surface area contributed by atoms with Crippen LogP contribution in [0.15, 0.2) is 23.2 Å². The molecule has 3 N–H and O–H groups in total. The quantitative estimate of drug-likeness (QED) is 0.645. The van der Waals surface area contributed by atoms with Gasteiger partial charge in [0.25, 0.3) is 0 Å². The van der Waals surface area contributed by atoms with E-state index < -0.39 is 0 Å². The first-order valence-corrected chi connectivity index (χ1v) is 6.28. The number of ether oxygens (including phenoxy) is 2. The molecular weight excluding hydrogens is 242 g/mol. The van der Waals surface area contributed by atoms with E-state index in [1.807, 2.05) is 18.2 Å². The third-order valence-corrected chi connectivity index (χ3v) is 3.43. The highest BCUT2D eigenvalue weighted by molar-refractivity contribution is 5.94. The maximum Gasteiger partial charge on any atom is 0.193 e. The Labute approximate surface area is 113 Å². The maximum atomic E-state index is 5.93. The summed E-state index contributed by atoms with van der Waals surface area (Å²) in [5.41, 5.74) is 6.95. The molecule has 0 aliphatic heterocycles. The molecule has 0 heterocycles. The van der Waals surface area contributed by atoms with E-state index in [-0.39, 0.29) is 5.41 Å². The fraction of sp³-hybridized carbons (Fsp3) is 0.500. The van der Waals surface area contributed by atoms with Gasteiger partial charge in [-0.05, 0) is 24.0 Å². The number of nitrogens with two attached hydrogens (primary N) is 1. The first-order chi connectivity index (χ1) is 8.96. The minimum absolute atomic E-state index is 0.269. The summed E-state index contributed by atoms with van der Waals surface area (Å²) in [4.78, 5) is 4.45. The molecule has 0 bridgehead atoms. The van der Waals surface area contributed by atoms with Gasteiger partial charge in [-0.1, -0.05) is 13.8 Å². The van der Waals surface area contributed by atoms with Gasteiger partial charge < -0.3 is 20.5 Å². The molecule has 1 aliphatic rings. The predicted molar refractivity (Wildman–Crippen MR) is 77.0 cm³/mol. The molecule has 0 amide bonds. The highest BCUT2D eigenvalue weighted by Crippen LogP contribution is 2.47. The first kappa shape index (κ1) is 13.5. The van der Waals surface area contributed by atoms with Crippen LogP contribution in [-0.2, 0) is 0 Å². The van der Waals surface area contributed by atoms with E-state index in [0.29, 0.717) is 17.8 Å². The van der Waals surface area contributed by atoms with Gasteiger partial charge >= 0.3 is 0 Å². The lowest BCUT2D eigenvalue weighted by Gasteiger charge is -2.12. The Kier molecular flexibility index (Phi) is 3.55. The van der Waals surface area contributed by atoms with Crippen LogP contribution in [0.4, 0.5) is 5.69 Å². The molecule has 1 aromatic rings. The number of methoxy groups -OCH3 is 2. The Balaban J connectivity index is 2.13. The average molecular weight is 263 g/mol. The van der Waals surface area contributed by atoms with E-state index in [2.05, 4.69) is 24.2 Å². The standard InChI is InChI=1S/C14H21N3O2/c1-14(2)8-12(14)17-13(15)16-10-7-9(18-3)5-6-11(10)19-4/h5-7,12H,8H2,1-4H3,(H3,15,16,17)/t12-/m0/s1. The number of nitrogens with zero attached hydrogens (tertiary/aromatic N) is 1. The zero-order chi connectivity index (χ0) is 14.0. The lowest BCUT2D eigenvalue weighted by Crippen LogP contribution is -2.24. The van der Waals surface area contributed by atoms with Gasteiger partial charge in [-0.15, -0.1) is 0 Å². The largest absolute Gasteiger partial charge is 0.497 e. The molecule has 1 atom stereocenters. The van der Waals surface area contributed by atoms with Crippen LogP contribution in [0.5, 0.6) is 11.5 Å². The van der Waals surface area contributed by atoms with E-state index in [1.165, 1.54) is 0 Å². The van der Waals surface area contributed by atoms with Gasteiger partial charge in [0.2, 0.25) is 0 Å². The second kappa shape index (κ2) is 4.99. The van der Waals surface area contributed by atoms with E-state index >= 15 is 0 Å². The van der Waals surface area contributed by atoms with Crippen LogP contribution in [0.2, 0.25) is 0 Å². The molecule has 1 aromatic carbocycles. The smallest absolute Gasteiger partial charge is 0.193 e. The molecule has 5 nitrogen and oxygen atoms in total. The highest BCUT2D eigenvalue weighted by atomic mass is 16.5. The van der Waals surface area contributed by atoms with Crippen molar-refractivity contribution < 1.29 is 9.47 Å². The summed E-state index contributed by atoms with van der Waals surface area (Å²) in [6.45, 7) is 4.36. The van der Waals surface area contributed by atoms with Crippen LogP contribution < -0.4 is 20.5 Å². The van der Waals surface area contributed by atoms with Crippen LogP contribution in [0.3, 0.4) is 0 Å². The number of rotatable bonds is 4. The third-order valence-electron chi connectivity index (χ3n) is 3.43. The molecule has 5 heteroatoms. The molecule has 1 saturated carbocycles. The lowest BCUT2D eigenvalue weighted by atomic mass is 10.2. The molecule has 2 rings (SSSR count). The van der Waals surface area contributed by atoms with E-state index in [0.717, 1.165) is 17.9 Å². The van der Waals surface area contributed by atoms with Crippen molar-refractivity contribution in [2.75, 3.05) is 19.5 Å². The normalized spacial score (nSPS) is 20.8. The molecule has 0 spiro atoms. The number of hydrogen-bond acceptors (Lipinski definition) is 3. The molecular formula is C14H21N3O2. The molecule has 1 fully saturated rings.